The first-order valence-electron chi connectivity index (χ1n) is 7.41. The Hall–Kier alpha value is -1.10. The zero-order valence-corrected chi connectivity index (χ0v) is 11.4. The molecule has 0 aliphatic carbocycles. The van der Waals surface area contributed by atoms with Crippen LogP contribution in [0.4, 0.5) is 0 Å². The molecule has 2 atom stereocenters. The Kier molecular flexibility index (Phi) is 5.19. The molecule has 5 heteroatoms. The lowest BCUT2D eigenvalue weighted by Gasteiger charge is -2.38. The highest BCUT2D eigenvalue weighted by molar-refractivity contribution is 5.79. The predicted molar refractivity (Wildman–Crippen MR) is 71.8 cm³/mol. The second-order valence-electron chi connectivity index (χ2n) is 5.66. The number of aliphatic carboxylic acids is 1. The first-order chi connectivity index (χ1) is 9.18. The lowest BCUT2D eigenvalue weighted by molar-refractivity contribution is -0.142. The number of carbonyl (C=O) groups excluding carboxylic acids is 1. The quantitative estimate of drug-likeness (QED) is 0.804. The summed E-state index contributed by atoms with van der Waals surface area (Å²) in [7, 11) is 0. The van der Waals surface area contributed by atoms with Crippen molar-refractivity contribution in [3.05, 3.63) is 0 Å². The molecule has 0 aromatic heterocycles. The summed E-state index contributed by atoms with van der Waals surface area (Å²) in [5, 5.41) is 12.1. The molecule has 2 rings (SSSR count). The number of hydrogen-bond acceptors (Lipinski definition) is 3. The third-order valence-electron chi connectivity index (χ3n) is 4.25. The summed E-state index contributed by atoms with van der Waals surface area (Å²) in [5.41, 5.74) is 0. The smallest absolute Gasteiger partial charge is 0.303 e. The van der Waals surface area contributed by atoms with Gasteiger partial charge in [0.25, 0.3) is 0 Å². The number of nitrogens with one attached hydrogen (secondary N) is 1. The van der Waals surface area contributed by atoms with Crippen molar-refractivity contribution in [3.8, 4) is 0 Å². The standard InChI is InChI=1S/C14H24N2O3/c17-13(18)7-6-12-5-1-2-9-16(12)14(19)11-4-3-8-15-10-11/h11-12,15H,1-10H2,(H,17,18)/t11-,12?/m1/s1. The topological polar surface area (TPSA) is 69.6 Å². The van der Waals surface area contributed by atoms with E-state index in [-0.39, 0.29) is 24.3 Å². The van der Waals surface area contributed by atoms with Crippen molar-refractivity contribution in [2.45, 2.75) is 51.0 Å². The molecular formula is C14H24N2O3. The Labute approximate surface area is 114 Å². The first-order valence-corrected chi connectivity index (χ1v) is 7.41. The van der Waals surface area contributed by atoms with Gasteiger partial charge < -0.3 is 15.3 Å². The Balaban J connectivity index is 1.93. The molecule has 2 aliphatic rings. The third-order valence-corrected chi connectivity index (χ3v) is 4.25. The highest BCUT2D eigenvalue weighted by Gasteiger charge is 2.32. The van der Waals surface area contributed by atoms with Crippen LogP contribution in [0.5, 0.6) is 0 Å². The molecule has 2 fully saturated rings. The molecule has 2 heterocycles. The van der Waals surface area contributed by atoms with E-state index in [2.05, 4.69) is 5.32 Å². The molecular weight excluding hydrogens is 244 g/mol. The largest absolute Gasteiger partial charge is 0.481 e. The minimum atomic E-state index is -0.766. The van der Waals surface area contributed by atoms with Gasteiger partial charge in [-0.05, 0) is 45.1 Å². The number of carboxylic acid groups (broad SMARTS) is 1. The number of rotatable bonds is 4. The first kappa shape index (κ1) is 14.3. The van der Waals surface area contributed by atoms with E-state index in [1.807, 2.05) is 4.90 Å². The van der Waals surface area contributed by atoms with Gasteiger partial charge in [-0.3, -0.25) is 9.59 Å². The zero-order chi connectivity index (χ0) is 13.7. The Morgan fingerprint density at radius 1 is 1.21 bits per heavy atom. The number of nitrogens with zero attached hydrogens (tertiary/aromatic N) is 1. The van der Waals surface area contributed by atoms with E-state index in [0.717, 1.165) is 51.7 Å². The van der Waals surface area contributed by atoms with Gasteiger partial charge in [-0.25, -0.2) is 0 Å². The molecule has 1 unspecified atom stereocenters. The minimum absolute atomic E-state index is 0.0965. The van der Waals surface area contributed by atoms with Crippen LogP contribution in [-0.2, 0) is 9.59 Å². The number of likely N-dealkylation sites (tertiary alicyclic amines) is 1. The molecule has 0 aromatic rings. The maximum Gasteiger partial charge on any atom is 0.303 e. The number of carbonyl (C=O) groups is 2. The molecule has 2 saturated heterocycles. The van der Waals surface area contributed by atoms with Crippen LogP contribution in [0.3, 0.4) is 0 Å². The fraction of sp³-hybridized carbons (Fsp3) is 0.857. The average molecular weight is 268 g/mol. The van der Waals surface area contributed by atoms with Crippen molar-refractivity contribution in [1.29, 1.82) is 0 Å². The minimum Gasteiger partial charge on any atom is -0.481 e. The van der Waals surface area contributed by atoms with E-state index in [9.17, 15) is 9.59 Å². The molecule has 2 N–H and O–H groups in total. The van der Waals surface area contributed by atoms with Gasteiger partial charge in [-0.2, -0.15) is 0 Å². The summed E-state index contributed by atoms with van der Waals surface area (Å²) in [6.07, 6.45) is 5.90. The number of hydrogen-bond donors (Lipinski definition) is 2. The van der Waals surface area contributed by atoms with Gasteiger partial charge in [-0.15, -0.1) is 0 Å². The van der Waals surface area contributed by atoms with Crippen LogP contribution in [0.15, 0.2) is 0 Å². The van der Waals surface area contributed by atoms with Crippen molar-refractivity contribution in [3.63, 3.8) is 0 Å². The monoisotopic (exact) mass is 268 g/mol. The molecule has 108 valence electrons. The van der Waals surface area contributed by atoms with Crippen molar-refractivity contribution in [2.75, 3.05) is 19.6 Å². The van der Waals surface area contributed by atoms with Crippen LogP contribution in [0.25, 0.3) is 0 Å². The third kappa shape index (κ3) is 3.93. The molecule has 2 aliphatic heterocycles. The molecule has 0 spiro atoms. The van der Waals surface area contributed by atoms with Gasteiger partial charge in [0.2, 0.25) is 5.91 Å². The van der Waals surface area contributed by atoms with E-state index in [4.69, 9.17) is 5.11 Å². The fourth-order valence-corrected chi connectivity index (χ4v) is 3.18. The summed E-state index contributed by atoms with van der Waals surface area (Å²) in [5.74, 6) is -0.432. The predicted octanol–water partition coefficient (Wildman–Crippen LogP) is 1.23. The van der Waals surface area contributed by atoms with E-state index in [1.165, 1.54) is 0 Å². The Morgan fingerprint density at radius 3 is 2.74 bits per heavy atom. The van der Waals surface area contributed by atoms with Crippen LogP contribution >= 0.6 is 0 Å². The van der Waals surface area contributed by atoms with Gasteiger partial charge in [0.15, 0.2) is 0 Å². The van der Waals surface area contributed by atoms with Crippen LogP contribution in [0, 0.1) is 5.92 Å². The number of piperidine rings is 2. The van der Waals surface area contributed by atoms with Crippen LogP contribution in [-0.4, -0.2) is 47.6 Å². The van der Waals surface area contributed by atoms with E-state index in [0.29, 0.717) is 6.42 Å². The zero-order valence-electron chi connectivity index (χ0n) is 11.4. The van der Waals surface area contributed by atoms with Gasteiger partial charge in [0, 0.05) is 25.6 Å². The summed E-state index contributed by atoms with van der Waals surface area (Å²) in [4.78, 5) is 25.2. The van der Waals surface area contributed by atoms with Gasteiger partial charge in [0.1, 0.15) is 0 Å². The molecule has 19 heavy (non-hydrogen) atoms. The van der Waals surface area contributed by atoms with E-state index >= 15 is 0 Å². The summed E-state index contributed by atoms with van der Waals surface area (Å²) >= 11 is 0. The lowest BCUT2D eigenvalue weighted by atomic mass is 9.93. The number of amides is 1. The van der Waals surface area contributed by atoms with E-state index < -0.39 is 5.97 Å². The Bertz CT molecular complexity index is 327. The van der Waals surface area contributed by atoms with Crippen molar-refractivity contribution in [2.24, 2.45) is 5.92 Å². The molecule has 0 aromatic carbocycles. The van der Waals surface area contributed by atoms with Crippen molar-refractivity contribution < 1.29 is 14.7 Å². The van der Waals surface area contributed by atoms with Crippen molar-refractivity contribution in [1.82, 2.24) is 10.2 Å². The number of carboxylic acids is 1. The second-order valence-corrected chi connectivity index (χ2v) is 5.66. The molecule has 0 saturated carbocycles. The highest BCUT2D eigenvalue weighted by atomic mass is 16.4. The van der Waals surface area contributed by atoms with Gasteiger partial charge in [0.05, 0.1) is 5.92 Å². The summed E-state index contributed by atoms with van der Waals surface area (Å²) in [6, 6.07) is 0.138. The highest BCUT2D eigenvalue weighted by Crippen LogP contribution is 2.24. The molecule has 0 bridgehead atoms. The fourth-order valence-electron chi connectivity index (χ4n) is 3.18. The second kappa shape index (κ2) is 6.89. The summed E-state index contributed by atoms with van der Waals surface area (Å²) in [6.45, 7) is 2.59. The lowest BCUT2D eigenvalue weighted by Crippen LogP contribution is -2.49. The normalized spacial score (nSPS) is 28.1. The van der Waals surface area contributed by atoms with Crippen LogP contribution in [0.2, 0.25) is 0 Å². The van der Waals surface area contributed by atoms with Gasteiger partial charge >= 0.3 is 5.97 Å². The average Bonchev–Trinajstić information content (AvgIpc) is 2.45. The van der Waals surface area contributed by atoms with Gasteiger partial charge in [-0.1, -0.05) is 0 Å². The van der Waals surface area contributed by atoms with Crippen LogP contribution in [0.1, 0.15) is 44.9 Å². The van der Waals surface area contributed by atoms with Crippen molar-refractivity contribution >= 4 is 11.9 Å². The van der Waals surface area contributed by atoms with Crippen LogP contribution < -0.4 is 5.32 Å². The molecule has 5 nitrogen and oxygen atoms in total. The maximum atomic E-state index is 12.5. The maximum absolute atomic E-state index is 12.5. The van der Waals surface area contributed by atoms with E-state index in [1.54, 1.807) is 0 Å². The summed E-state index contributed by atoms with van der Waals surface area (Å²) < 4.78 is 0. The Morgan fingerprint density at radius 2 is 2.05 bits per heavy atom. The SMILES string of the molecule is O=C(O)CCC1CCCCN1C(=O)[C@@H]1CCCNC1. The molecule has 0 radical (unpaired) electrons. The molecule has 1 amide bonds.